The first-order chi connectivity index (χ1) is 13.0. The molecule has 0 fully saturated rings. The highest BCUT2D eigenvalue weighted by molar-refractivity contribution is 7.89. The number of hydrogen-bond donors (Lipinski definition) is 0. The molecule has 9 heteroatoms. The molecule has 0 N–H and O–H groups in total. The first-order valence-electron chi connectivity index (χ1n) is 9.04. The van der Waals surface area contributed by atoms with Crippen LogP contribution in [0.3, 0.4) is 0 Å². The average molecular weight is 417 g/mol. The molecule has 0 saturated heterocycles. The number of carbonyl (C=O) groups excluding carboxylic acids is 1. The standard InChI is InChI=1S/C19H32N2O6S/c1-19(2,3)27-18(22)15-21(12-11-20(4)5)28(23,24)17-9-7-16(8-10-17)26-14-13-25-6/h7-10H,11-15H2,1-6H3. The minimum absolute atomic E-state index is 0.0916. The molecule has 0 spiro atoms. The average Bonchev–Trinajstić information content (AvgIpc) is 2.57. The molecule has 0 saturated carbocycles. The lowest BCUT2D eigenvalue weighted by Crippen LogP contribution is -2.41. The number of carbonyl (C=O) groups is 1. The third-order valence-electron chi connectivity index (χ3n) is 3.54. The molecule has 1 rings (SSSR count). The molecule has 0 aliphatic carbocycles. The summed E-state index contributed by atoms with van der Waals surface area (Å²) in [5.74, 6) is -0.0441. The van der Waals surface area contributed by atoms with Gasteiger partial charge in [-0.1, -0.05) is 0 Å². The summed E-state index contributed by atoms with van der Waals surface area (Å²) in [7, 11) is 1.39. The van der Waals surface area contributed by atoms with Crippen molar-refractivity contribution in [3.63, 3.8) is 0 Å². The summed E-state index contributed by atoms with van der Waals surface area (Å²) in [4.78, 5) is 14.2. The first-order valence-corrected chi connectivity index (χ1v) is 10.5. The molecule has 0 radical (unpaired) electrons. The van der Waals surface area contributed by atoms with Crippen molar-refractivity contribution in [1.29, 1.82) is 0 Å². The number of nitrogens with zero attached hydrogens (tertiary/aromatic N) is 2. The number of sulfonamides is 1. The van der Waals surface area contributed by atoms with Crippen LogP contribution in [0.5, 0.6) is 5.75 Å². The monoisotopic (exact) mass is 416 g/mol. The van der Waals surface area contributed by atoms with Gasteiger partial charge < -0.3 is 19.1 Å². The second kappa shape index (κ2) is 10.8. The van der Waals surface area contributed by atoms with E-state index in [0.717, 1.165) is 4.31 Å². The van der Waals surface area contributed by atoms with Crippen molar-refractivity contribution in [2.45, 2.75) is 31.3 Å². The van der Waals surface area contributed by atoms with Gasteiger partial charge in [-0.05, 0) is 59.1 Å². The Labute approximate surface area is 168 Å². The molecule has 8 nitrogen and oxygen atoms in total. The van der Waals surface area contributed by atoms with E-state index in [1.165, 1.54) is 12.1 Å². The van der Waals surface area contributed by atoms with Gasteiger partial charge in [-0.2, -0.15) is 4.31 Å². The van der Waals surface area contributed by atoms with E-state index in [2.05, 4.69) is 0 Å². The maximum atomic E-state index is 13.1. The predicted molar refractivity (Wildman–Crippen MR) is 107 cm³/mol. The van der Waals surface area contributed by atoms with Crippen molar-refractivity contribution >= 4 is 16.0 Å². The van der Waals surface area contributed by atoms with E-state index in [1.807, 2.05) is 19.0 Å². The Morgan fingerprint density at radius 1 is 1.04 bits per heavy atom. The number of likely N-dealkylation sites (N-methyl/N-ethyl adjacent to an activating group) is 1. The largest absolute Gasteiger partial charge is 0.491 e. The number of benzene rings is 1. The lowest BCUT2D eigenvalue weighted by atomic mass is 10.2. The SMILES string of the molecule is COCCOc1ccc(S(=O)(=O)N(CCN(C)C)CC(=O)OC(C)(C)C)cc1. The molecule has 0 bridgehead atoms. The highest BCUT2D eigenvalue weighted by Crippen LogP contribution is 2.20. The van der Waals surface area contributed by atoms with E-state index >= 15 is 0 Å². The zero-order valence-electron chi connectivity index (χ0n) is 17.6. The molecule has 1 aromatic carbocycles. The van der Waals surface area contributed by atoms with Crippen LogP contribution in [0.4, 0.5) is 0 Å². The van der Waals surface area contributed by atoms with E-state index in [0.29, 0.717) is 25.5 Å². The highest BCUT2D eigenvalue weighted by atomic mass is 32.2. The van der Waals surface area contributed by atoms with Crippen LogP contribution in [0.25, 0.3) is 0 Å². The van der Waals surface area contributed by atoms with E-state index in [9.17, 15) is 13.2 Å². The summed E-state index contributed by atoms with van der Waals surface area (Å²) in [5.41, 5.74) is -0.685. The Morgan fingerprint density at radius 3 is 2.14 bits per heavy atom. The van der Waals surface area contributed by atoms with Crippen molar-refractivity contribution in [2.75, 3.05) is 54.1 Å². The summed E-state index contributed by atoms with van der Waals surface area (Å²) in [6, 6.07) is 6.10. The first kappa shape index (κ1) is 24.4. The second-order valence-corrected chi connectivity index (χ2v) is 9.48. The summed E-state index contributed by atoms with van der Waals surface area (Å²) in [5, 5.41) is 0. The highest BCUT2D eigenvalue weighted by Gasteiger charge is 2.28. The Morgan fingerprint density at radius 2 is 1.64 bits per heavy atom. The zero-order valence-corrected chi connectivity index (χ0v) is 18.4. The van der Waals surface area contributed by atoms with Crippen LogP contribution in [-0.4, -0.2) is 83.2 Å². The van der Waals surface area contributed by atoms with Gasteiger partial charge in [0.15, 0.2) is 0 Å². The quantitative estimate of drug-likeness (QED) is 0.400. The Kier molecular flexibility index (Phi) is 9.35. The van der Waals surface area contributed by atoms with Crippen molar-refractivity contribution in [2.24, 2.45) is 0 Å². The lowest BCUT2D eigenvalue weighted by molar-refractivity contribution is -0.155. The van der Waals surface area contributed by atoms with E-state index < -0.39 is 21.6 Å². The van der Waals surface area contributed by atoms with E-state index in [4.69, 9.17) is 14.2 Å². The third-order valence-corrected chi connectivity index (χ3v) is 5.40. The van der Waals surface area contributed by atoms with Crippen molar-refractivity contribution in [1.82, 2.24) is 9.21 Å². The number of esters is 1. The molecule has 0 amide bonds. The van der Waals surface area contributed by atoms with Crippen molar-refractivity contribution < 1.29 is 27.4 Å². The van der Waals surface area contributed by atoms with Crippen LogP contribution in [0, 0.1) is 0 Å². The van der Waals surface area contributed by atoms with Crippen LogP contribution >= 0.6 is 0 Å². The predicted octanol–water partition coefficient (Wildman–Crippen LogP) is 1.61. The van der Waals surface area contributed by atoms with Gasteiger partial charge in [-0.15, -0.1) is 0 Å². The second-order valence-electron chi connectivity index (χ2n) is 7.54. The van der Waals surface area contributed by atoms with Crippen LogP contribution in [0.1, 0.15) is 20.8 Å². The van der Waals surface area contributed by atoms with Crippen LogP contribution in [0.15, 0.2) is 29.2 Å². The van der Waals surface area contributed by atoms with Crippen LogP contribution in [0.2, 0.25) is 0 Å². The zero-order chi connectivity index (χ0) is 21.4. The molecule has 0 aliphatic rings. The van der Waals surface area contributed by atoms with Gasteiger partial charge in [-0.25, -0.2) is 8.42 Å². The minimum atomic E-state index is -3.86. The summed E-state index contributed by atoms with van der Waals surface area (Å²) >= 11 is 0. The Hall–Kier alpha value is -1.68. The van der Waals surface area contributed by atoms with Gasteiger partial charge in [0.1, 0.15) is 24.5 Å². The summed E-state index contributed by atoms with van der Waals surface area (Å²) in [6.07, 6.45) is 0. The van der Waals surface area contributed by atoms with Crippen molar-refractivity contribution in [3.05, 3.63) is 24.3 Å². The molecule has 28 heavy (non-hydrogen) atoms. The minimum Gasteiger partial charge on any atom is -0.491 e. The maximum absolute atomic E-state index is 13.1. The third kappa shape index (κ3) is 8.55. The normalized spacial score (nSPS) is 12.4. The molecule has 160 valence electrons. The fraction of sp³-hybridized carbons (Fsp3) is 0.632. The Bertz CT molecular complexity index is 711. The van der Waals surface area contributed by atoms with Gasteiger partial charge in [-0.3, -0.25) is 4.79 Å². The van der Waals surface area contributed by atoms with Crippen molar-refractivity contribution in [3.8, 4) is 5.75 Å². The Balaban J connectivity index is 2.97. The van der Waals surface area contributed by atoms with Gasteiger partial charge >= 0.3 is 5.97 Å². The smallest absolute Gasteiger partial charge is 0.321 e. The molecule has 0 heterocycles. The molecular formula is C19H32N2O6S. The lowest BCUT2D eigenvalue weighted by Gasteiger charge is -2.25. The van der Waals surface area contributed by atoms with Gasteiger partial charge in [0.2, 0.25) is 10.0 Å². The molecular weight excluding hydrogens is 384 g/mol. The fourth-order valence-corrected chi connectivity index (χ4v) is 3.59. The van der Waals surface area contributed by atoms with Gasteiger partial charge in [0.25, 0.3) is 0 Å². The molecule has 1 aromatic rings. The van der Waals surface area contributed by atoms with E-state index in [1.54, 1.807) is 40.0 Å². The van der Waals surface area contributed by atoms with E-state index in [-0.39, 0.29) is 18.0 Å². The fourth-order valence-electron chi connectivity index (χ4n) is 2.21. The maximum Gasteiger partial charge on any atom is 0.321 e. The molecule has 0 aromatic heterocycles. The van der Waals surface area contributed by atoms with Gasteiger partial charge in [0, 0.05) is 20.2 Å². The molecule has 0 unspecified atom stereocenters. The molecule has 0 aliphatic heterocycles. The van der Waals surface area contributed by atoms with Gasteiger partial charge in [0.05, 0.1) is 11.5 Å². The van der Waals surface area contributed by atoms with Crippen LogP contribution < -0.4 is 4.74 Å². The summed E-state index contributed by atoms with van der Waals surface area (Å²) < 4.78 is 42.9. The number of ether oxygens (including phenoxy) is 3. The number of rotatable bonds is 11. The number of methoxy groups -OCH3 is 1. The molecule has 0 atom stereocenters. The number of hydrogen-bond acceptors (Lipinski definition) is 7. The van der Waals surface area contributed by atoms with Crippen LogP contribution in [-0.2, 0) is 24.3 Å². The summed E-state index contributed by atoms with van der Waals surface area (Å²) in [6.45, 7) is 6.33. The topological polar surface area (TPSA) is 85.4 Å².